The fourth-order valence-corrected chi connectivity index (χ4v) is 4.69. The van der Waals surface area contributed by atoms with Gasteiger partial charge in [-0.3, -0.25) is 13.8 Å². The van der Waals surface area contributed by atoms with Crippen LogP contribution >= 0.6 is 11.8 Å². The number of hydrogen-bond acceptors (Lipinski definition) is 7. The Labute approximate surface area is 212 Å². The number of aryl methyl sites for hydroxylation is 1. The third kappa shape index (κ3) is 4.83. The average molecular weight is 500 g/mol. The molecular formula is C27H25N5O3S. The van der Waals surface area contributed by atoms with Crippen LogP contribution in [0, 0.1) is 6.92 Å². The normalized spacial score (nSPS) is 11.1. The van der Waals surface area contributed by atoms with E-state index in [9.17, 15) is 4.79 Å². The number of nitrogens with zero attached hydrogens (tertiary/aromatic N) is 5. The summed E-state index contributed by atoms with van der Waals surface area (Å²) in [6, 6.07) is 20.9. The van der Waals surface area contributed by atoms with Crippen molar-refractivity contribution in [2.75, 3.05) is 13.7 Å². The zero-order chi connectivity index (χ0) is 25.1. The minimum absolute atomic E-state index is 0.109. The van der Waals surface area contributed by atoms with Crippen molar-refractivity contribution in [1.29, 1.82) is 0 Å². The van der Waals surface area contributed by atoms with E-state index in [4.69, 9.17) is 9.47 Å². The first kappa shape index (κ1) is 23.6. The van der Waals surface area contributed by atoms with E-state index in [0.717, 1.165) is 28.3 Å². The number of thioether (sulfide) groups is 1. The Morgan fingerprint density at radius 2 is 1.69 bits per heavy atom. The van der Waals surface area contributed by atoms with Crippen LogP contribution in [0.15, 0.2) is 82.9 Å². The second-order valence-corrected chi connectivity index (χ2v) is 9.05. The van der Waals surface area contributed by atoms with E-state index >= 15 is 0 Å². The van der Waals surface area contributed by atoms with E-state index in [2.05, 4.69) is 15.2 Å². The summed E-state index contributed by atoms with van der Waals surface area (Å²) in [5.41, 5.74) is 4.06. The molecule has 0 atom stereocenters. The summed E-state index contributed by atoms with van der Waals surface area (Å²) in [6.07, 6.45) is 1.75. The molecule has 0 bridgehead atoms. The lowest BCUT2D eigenvalue weighted by Gasteiger charge is -2.12. The second kappa shape index (κ2) is 10.2. The van der Waals surface area contributed by atoms with E-state index in [1.54, 1.807) is 23.8 Å². The molecule has 0 N–H and O–H groups in total. The number of aromatic nitrogens is 5. The van der Waals surface area contributed by atoms with Gasteiger partial charge in [0.15, 0.2) is 11.0 Å². The van der Waals surface area contributed by atoms with Crippen LogP contribution in [-0.2, 0) is 5.75 Å². The summed E-state index contributed by atoms with van der Waals surface area (Å²) in [5, 5.41) is 9.68. The molecule has 0 aliphatic rings. The number of ether oxygens (including phenoxy) is 2. The van der Waals surface area contributed by atoms with Crippen molar-refractivity contribution in [3.8, 4) is 28.6 Å². The molecule has 182 valence electrons. The molecule has 0 aliphatic carbocycles. The largest absolute Gasteiger partial charge is 0.497 e. The molecule has 36 heavy (non-hydrogen) atoms. The molecule has 2 aromatic carbocycles. The summed E-state index contributed by atoms with van der Waals surface area (Å²) >= 11 is 1.48. The SMILES string of the molecule is CCOc1ccc(-n2c(SCc3cc(=O)n4ccc(C)cc4n3)nnc2-c2ccc(OC)cc2)cc1. The Morgan fingerprint density at radius 1 is 0.944 bits per heavy atom. The highest BCUT2D eigenvalue weighted by Gasteiger charge is 2.17. The van der Waals surface area contributed by atoms with E-state index in [-0.39, 0.29) is 5.56 Å². The van der Waals surface area contributed by atoms with Crippen molar-refractivity contribution in [2.24, 2.45) is 0 Å². The van der Waals surface area contributed by atoms with Gasteiger partial charge >= 0.3 is 0 Å². The number of rotatable bonds is 8. The molecule has 8 nitrogen and oxygen atoms in total. The first-order valence-corrected chi connectivity index (χ1v) is 12.5. The quantitative estimate of drug-likeness (QED) is 0.279. The Morgan fingerprint density at radius 3 is 2.42 bits per heavy atom. The summed E-state index contributed by atoms with van der Waals surface area (Å²) in [5.74, 6) is 2.73. The van der Waals surface area contributed by atoms with Gasteiger partial charge in [-0.2, -0.15) is 0 Å². The standard InChI is InChI=1S/C27H25N5O3S/c1-4-35-23-11-7-21(8-12-23)32-26(19-5-9-22(34-3)10-6-19)29-30-27(32)36-17-20-16-25(33)31-14-13-18(2)15-24(31)28-20/h5-16H,4,17H2,1-3H3. The molecule has 0 saturated heterocycles. The van der Waals surface area contributed by atoms with E-state index in [0.29, 0.717) is 34.7 Å². The molecule has 5 rings (SSSR count). The molecule has 0 radical (unpaired) electrons. The van der Waals surface area contributed by atoms with Gasteiger partial charge in [0.25, 0.3) is 5.56 Å². The van der Waals surface area contributed by atoms with Gasteiger partial charge in [-0.05, 0) is 80.1 Å². The fourth-order valence-electron chi connectivity index (χ4n) is 3.85. The van der Waals surface area contributed by atoms with Gasteiger partial charge in [0.1, 0.15) is 17.1 Å². The minimum Gasteiger partial charge on any atom is -0.497 e. The number of benzene rings is 2. The van der Waals surface area contributed by atoms with Gasteiger partial charge in [0, 0.05) is 29.3 Å². The van der Waals surface area contributed by atoms with Crippen molar-refractivity contribution >= 4 is 17.4 Å². The molecule has 3 aromatic heterocycles. The molecule has 0 aliphatic heterocycles. The van der Waals surface area contributed by atoms with Crippen LogP contribution in [-0.4, -0.2) is 37.9 Å². The van der Waals surface area contributed by atoms with Crippen molar-refractivity contribution < 1.29 is 9.47 Å². The van der Waals surface area contributed by atoms with Crippen LogP contribution in [0.3, 0.4) is 0 Å². The van der Waals surface area contributed by atoms with Gasteiger partial charge in [0.2, 0.25) is 0 Å². The minimum atomic E-state index is -0.109. The molecule has 3 heterocycles. The third-order valence-electron chi connectivity index (χ3n) is 5.61. The van der Waals surface area contributed by atoms with Gasteiger partial charge < -0.3 is 9.47 Å². The maximum atomic E-state index is 12.6. The van der Waals surface area contributed by atoms with Crippen molar-refractivity contribution in [1.82, 2.24) is 24.1 Å². The van der Waals surface area contributed by atoms with Gasteiger partial charge in [0.05, 0.1) is 19.4 Å². The lowest BCUT2D eigenvalue weighted by molar-refractivity contribution is 0.340. The van der Waals surface area contributed by atoms with E-state index in [1.165, 1.54) is 11.8 Å². The Balaban J connectivity index is 1.51. The topological polar surface area (TPSA) is 83.5 Å². The predicted molar refractivity (Wildman–Crippen MR) is 140 cm³/mol. The summed E-state index contributed by atoms with van der Waals surface area (Å²) in [4.78, 5) is 17.3. The molecule has 0 saturated carbocycles. The monoisotopic (exact) mass is 499 g/mol. The zero-order valence-corrected chi connectivity index (χ0v) is 21.0. The Hall–Kier alpha value is -4.11. The smallest absolute Gasteiger partial charge is 0.258 e. The highest BCUT2D eigenvalue weighted by atomic mass is 32.2. The van der Waals surface area contributed by atoms with E-state index < -0.39 is 0 Å². The lowest BCUT2D eigenvalue weighted by Crippen LogP contribution is -2.15. The molecule has 5 aromatic rings. The molecule has 0 unspecified atom stereocenters. The Bertz CT molecular complexity index is 1560. The fraction of sp³-hybridized carbons (Fsp3) is 0.185. The summed E-state index contributed by atoms with van der Waals surface area (Å²) in [7, 11) is 1.64. The maximum absolute atomic E-state index is 12.6. The maximum Gasteiger partial charge on any atom is 0.258 e. The first-order chi connectivity index (χ1) is 17.6. The molecule has 0 fully saturated rings. The zero-order valence-electron chi connectivity index (χ0n) is 20.2. The first-order valence-electron chi connectivity index (χ1n) is 11.5. The van der Waals surface area contributed by atoms with Crippen LogP contribution in [0.5, 0.6) is 11.5 Å². The van der Waals surface area contributed by atoms with Gasteiger partial charge in [-0.15, -0.1) is 10.2 Å². The van der Waals surface area contributed by atoms with E-state index in [1.807, 2.05) is 79.1 Å². The van der Waals surface area contributed by atoms with Crippen LogP contribution in [0.25, 0.3) is 22.7 Å². The second-order valence-electron chi connectivity index (χ2n) is 8.10. The van der Waals surface area contributed by atoms with Gasteiger partial charge in [-0.25, -0.2) is 4.98 Å². The number of methoxy groups -OCH3 is 1. The van der Waals surface area contributed by atoms with Crippen LogP contribution in [0.1, 0.15) is 18.2 Å². The van der Waals surface area contributed by atoms with Crippen LogP contribution in [0.4, 0.5) is 0 Å². The molecular weight excluding hydrogens is 474 g/mol. The van der Waals surface area contributed by atoms with Crippen molar-refractivity contribution in [3.05, 3.63) is 94.5 Å². The molecule has 9 heteroatoms. The van der Waals surface area contributed by atoms with Crippen LogP contribution < -0.4 is 15.0 Å². The highest BCUT2D eigenvalue weighted by Crippen LogP contribution is 2.31. The van der Waals surface area contributed by atoms with Crippen LogP contribution in [0.2, 0.25) is 0 Å². The average Bonchev–Trinajstić information content (AvgIpc) is 3.32. The lowest BCUT2D eigenvalue weighted by atomic mass is 10.2. The number of fused-ring (bicyclic) bond motifs is 1. The third-order valence-corrected chi connectivity index (χ3v) is 6.57. The molecule has 0 amide bonds. The predicted octanol–water partition coefficient (Wildman–Crippen LogP) is 4.95. The van der Waals surface area contributed by atoms with Crippen molar-refractivity contribution in [3.63, 3.8) is 0 Å². The molecule has 0 spiro atoms. The summed E-state index contributed by atoms with van der Waals surface area (Å²) in [6.45, 7) is 4.54. The summed E-state index contributed by atoms with van der Waals surface area (Å²) < 4.78 is 14.5. The van der Waals surface area contributed by atoms with Crippen molar-refractivity contribution in [2.45, 2.75) is 24.8 Å². The Kier molecular flexibility index (Phi) is 6.73. The van der Waals surface area contributed by atoms with Gasteiger partial charge in [-0.1, -0.05) is 11.8 Å². The number of pyridine rings is 1. The number of hydrogen-bond donors (Lipinski definition) is 0. The highest BCUT2D eigenvalue weighted by molar-refractivity contribution is 7.98.